The molecule has 5 nitrogen and oxygen atoms in total. The van der Waals surface area contributed by atoms with Crippen molar-refractivity contribution < 1.29 is 14.3 Å². The number of amides is 1. The van der Waals surface area contributed by atoms with Gasteiger partial charge < -0.3 is 10.1 Å². The van der Waals surface area contributed by atoms with Crippen molar-refractivity contribution in [2.24, 2.45) is 0 Å². The van der Waals surface area contributed by atoms with E-state index in [0.29, 0.717) is 24.4 Å². The summed E-state index contributed by atoms with van der Waals surface area (Å²) >= 11 is 2.80. The molecule has 7 heteroatoms. The minimum absolute atomic E-state index is 0.0841. The van der Waals surface area contributed by atoms with Crippen molar-refractivity contribution in [1.82, 2.24) is 4.98 Å². The Bertz CT molecular complexity index is 933. The molecule has 1 N–H and O–H groups in total. The van der Waals surface area contributed by atoms with Crippen LogP contribution in [-0.4, -0.2) is 23.8 Å². The number of nitrogens with zero attached hydrogens (tertiary/aromatic N) is 1. The van der Waals surface area contributed by atoms with Crippen molar-refractivity contribution >= 4 is 39.5 Å². The highest BCUT2D eigenvalue weighted by molar-refractivity contribution is 7.14. The van der Waals surface area contributed by atoms with Crippen molar-refractivity contribution in [1.29, 1.82) is 0 Å². The third-order valence-electron chi connectivity index (χ3n) is 3.99. The van der Waals surface area contributed by atoms with Crippen LogP contribution in [0.2, 0.25) is 0 Å². The Morgan fingerprint density at radius 2 is 2.04 bits per heavy atom. The van der Waals surface area contributed by atoms with Gasteiger partial charge in [-0.05, 0) is 36.9 Å². The Kier molecular flexibility index (Phi) is 6.36. The maximum absolute atomic E-state index is 12.1. The van der Waals surface area contributed by atoms with E-state index in [1.54, 1.807) is 7.11 Å². The van der Waals surface area contributed by atoms with E-state index in [1.165, 1.54) is 22.7 Å². The molecule has 0 bridgehead atoms. The number of Topliss-reactive ketones (excluding diaryl/α,β-unsaturated/α-hetero) is 1. The van der Waals surface area contributed by atoms with E-state index in [4.69, 9.17) is 4.74 Å². The monoisotopic (exact) mass is 400 g/mol. The quantitative estimate of drug-likeness (QED) is 0.529. The molecule has 0 aliphatic heterocycles. The molecule has 3 rings (SSSR count). The number of nitrogens with one attached hydrogen (secondary N) is 1. The molecular formula is C20H20N2O3S2. The zero-order valence-corrected chi connectivity index (χ0v) is 16.8. The van der Waals surface area contributed by atoms with Crippen LogP contribution in [0.25, 0.3) is 11.3 Å². The number of rotatable bonds is 8. The second-order valence-electron chi connectivity index (χ2n) is 6.04. The number of aromatic nitrogens is 1. The SMILES string of the molecule is COc1ccc(C)cc1-c1csc(NC(=O)CCCC(=O)c2cccs2)n1. The van der Waals surface area contributed by atoms with Crippen LogP contribution >= 0.6 is 22.7 Å². The molecule has 0 saturated heterocycles. The summed E-state index contributed by atoms with van der Waals surface area (Å²) in [7, 11) is 1.63. The lowest BCUT2D eigenvalue weighted by Crippen LogP contribution is -2.11. The first-order chi connectivity index (χ1) is 13.1. The number of methoxy groups -OCH3 is 1. The van der Waals surface area contributed by atoms with Crippen LogP contribution in [0, 0.1) is 6.92 Å². The van der Waals surface area contributed by atoms with E-state index >= 15 is 0 Å². The lowest BCUT2D eigenvalue weighted by molar-refractivity contribution is -0.116. The standard InChI is InChI=1S/C20H20N2O3S2/c1-13-8-9-17(25-2)14(11-13)15-12-27-20(21-15)22-19(24)7-3-5-16(23)18-6-4-10-26-18/h4,6,8-12H,3,5,7H2,1-2H3,(H,21,22,24). The highest BCUT2D eigenvalue weighted by Gasteiger charge is 2.13. The molecule has 0 spiro atoms. The molecule has 140 valence electrons. The Morgan fingerprint density at radius 1 is 1.19 bits per heavy atom. The van der Waals surface area contributed by atoms with Crippen molar-refractivity contribution in [3.63, 3.8) is 0 Å². The molecule has 27 heavy (non-hydrogen) atoms. The largest absolute Gasteiger partial charge is 0.496 e. The van der Waals surface area contributed by atoms with Crippen LogP contribution in [0.5, 0.6) is 5.75 Å². The molecular weight excluding hydrogens is 380 g/mol. The number of anilines is 1. The molecule has 0 atom stereocenters. The molecule has 0 radical (unpaired) electrons. The van der Waals surface area contributed by atoms with Gasteiger partial charge in [-0.15, -0.1) is 22.7 Å². The maximum Gasteiger partial charge on any atom is 0.226 e. The van der Waals surface area contributed by atoms with Gasteiger partial charge in [0.05, 0.1) is 17.7 Å². The zero-order valence-electron chi connectivity index (χ0n) is 15.2. The van der Waals surface area contributed by atoms with Gasteiger partial charge in [0.2, 0.25) is 5.91 Å². The second-order valence-corrected chi connectivity index (χ2v) is 7.85. The third kappa shape index (κ3) is 5.02. The van der Waals surface area contributed by atoms with Crippen LogP contribution < -0.4 is 10.1 Å². The Balaban J connectivity index is 1.55. The van der Waals surface area contributed by atoms with Gasteiger partial charge in [0.15, 0.2) is 10.9 Å². The van der Waals surface area contributed by atoms with Crippen LogP contribution in [0.4, 0.5) is 5.13 Å². The van der Waals surface area contributed by atoms with Gasteiger partial charge in [-0.25, -0.2) is 4.98 Å². The number of carbonyl (C=O) groups is 2. The molecule has 0 aliphatic carbocycles. The van der Waals surface area contributed by atoms with E-state index in [-0.39, 0.29) is 11.7 Å². The summed E-state index contributed by atoms with van der Waals surface area (Å²) in [6.07, 6.45) is 1.18. The first-order valence-electron chi connectivity index (χ1n) is 8.54. The maximum atomic E-state index is 12.1. The van der Waals surface area contributed by atoms with Gasteiger partial charge in [-0.2, -0.15) is 0 Å². The average Bonchev–Trinajstić information content (AvgIpc) is 3.33. The minimum Gasteiger partial charge on any atom is -0.496 e. The lowest BCUT2D eigenvalue weighted by Gasteiger charge is -2.07. The number of carbonyl (C=O) groups excluding carboxylic acids is 2. The average molecular weight is 401 g/mol. The van der Waals surface area contributed by atoms with Crippen LogP contribution in [0.1, 0.15) is 34.5 Å². The molecule has 0 fully saturated rings. The fraction of sp³-hybridized carbons (Fsp3) is 0.250. The first-order valence-corrected chi connectivity index (χ1v) is 10.3. The predicted molar refractivity (Wildman–Crippen MR) is 110 cm³/mol. The Labute approximate surface area is 166 Å². The van der Waals surface area contributed by atoms with Gasteiger partial charge in [-0.3, -0.25) is 9.59 Å². The topological polar surface area (TPSA) is 68.3 Å². The van der Waals surface area contributed by atoms with Crippen molar-refractivity contribution in [2.75, 3.05) is 12.4 Å². The van der Waals surface area contributed by atoms with Crippen LogP contribution in [0.3, 0.4) is 0 Å². The highest BCUT2D eigenvalue weighted by Crippen LogP contribution is 2.33. The van der Waals surface area contributed by atoms with Crippen LogP contribution in [0.15, 0.2) is 41.1 Å². The van der Waals surface area contributed by atoms with Crippen molar-refractivity contribution in [2.45, 2.75) is 26.2 Å². The number of benzene rings is 1. The molecule has 2 heterocycles. The van der Waals surface area contributed by atoms with E-state index in [0.717, 1.165) is 27.4 Å². The Hall–Kier alpha value is -2.51. The molecule has 0 aliphatic rings. The summed E-state index contributed by atoms with van der Waals surface area (Å²) in [5.41, 5.74) is 2.78. The number of ether oxygens (including phenoxy) is 1. The first kappa shape index (κ1) is 19.3. The van der Waals surface area contributed by atoms with E-state index in [1.807, 2.05) is 48.0 Å². The van der Waals surface area contributed by atoms with Gasteiger partial charge in [0.1, 0.15) is 5.75 Å². The molecule has 3 aromatic rings. The fourth-order valence-corrected chi connectivity index (χ4v) is 4.05. The molecule has 1 amide bonds. The molecule has 2 aromatic heterocycles. The fourth-order valence-electron chi connectivity index (χ4n) is 2.63. The summed E-state index contributed by atoms with van der Waals surface area (Å²) in [5.74, 6) is 0.697. The number of thiazole rings is 1. The summed E-state index contributed by atoms with van der Waals surface area (Å²) in [6.45, 7) is 2.01. The number of ketones is 1. The predicted octanol–water partition coefficient (Wildman–Crippen LogP) is 5.18. The third-order valence-corrected chi connectivity index (χ3v) is 5.65. The molecule has 1 aromatic carbocycles. The zero-order chi connectivity index (χ0) is 19.2. The van der Waals surface area contributed by atoms with Gasteiger partial charge in [-0.1, -0.05) is 17.7 Å². The summed E-state index contributed by atoms with van der Waals surface area (Å²) in [4.78, 5) is 29.3. The number of hydrogen-bond acceptors (Lipinski definition) is 6. The Morgan fingerprint density at radius 3 is 2.78 bits per heavy atom. The normalized spacial score (nSPS) is 10.6. The number of hydrogen-bond donors (Lipinski definition) is 1. The summed E-state index contributed by atoms with van der Waals surface area (Å²) in [5, 5.41) is 7.13. The smallest absolute Gasteiger partial charge is 0.226 e. The number of aryl methyl sites for hydroxylation is 1. The minimum atomic E-state index is -0.133. The lowest BCUT2D eigenvalue weighted by atomic mass is 10.1. The molecule has 0 saturated carbocycles. The van der Waals surface area contributed by atoms with Crippen molar-refractivity contribution in [3.8, 4) is 17.0 Å². The summed E-state index contributed by atoms with van der Waals surface area (Å²) < 4.78 is 5.40. The summed E-state index contributed by atoms with van der Waals surface area (Å²) in [6, 6.07) is 9.56. The molecule has 0 unspecified atom stereocenters. The number of thiophene rings is 1. The van der Waals surface area contributed by atoms with Gasteiger partial charge in [0, 0.05) is 23.8 Å². The second kappa shape index (κ2) is 8.92. The van der Waals surface area contributed by atoms with Gasteiger partial charge in [0.25, 0.3) is 0 Å². The van der Waals surface area contributed by atoms with E-state index in [2.05, 4.69) is 10.3 Å². The highest BCUT2D eigenvalue weighted by atomic mass is 32.1. The van der Waals surface area contributed by atoms with Gasteiger partial charge >= 0.3 is 0 Å². The van der Waals surface area contributed by atoms with E-state index in [9.17, 15) is 9.59 Å². The van der Waals surface area contributed by atoms with Crippen molar-refractivity contribution in [3.05, 3.63) is 51.5 Å². The van der Waals surface area contributed by atoms with E-state index < -0.39 is 0 Å². The van der Waals surface area contributed by atoms with Crippen LogP contribution in [-0.2, 0) is 4.79 Å².